The zero-order chi connectivity index (χ0) is 14.2. The second kappa shape index (κ2) is 3.24. The van der Waals surface area contributed by atoms with Gasteiger partial charge in [0.1, 0.15) is 16.5 Å². The first kappa shape index (κ1) is 11.5. The van der Waals surface area contributed by atoms with Crippen molar-refractivity contribution in [2.45, 2.75) is 6.43 Å². The van der Waals surface area contributed by atoms with Crippen molar-refractivity contribution in [3.63, 3.8) is 0 Å². The van der Waals surface area contributed by atoms with Crippen LogP contribution in [0.2, 0.25) is 0 Å². The van der Waals surface area contributed by atoms with Gasteiger partial charge in [-0.25, -0.2) is 13.6 Å². The van der Waals surface area contributed by atoms with Crippen LogP contribution in [0.3, 0.4) is 0 Å². The Hall–Kier alpha value is -2.28. The molecule has 2 bridgehead atoms. The minimum absolute atomic E-state index is 0.128. The van der Waals surface area contributed by atoms with E-state index in [0.29, 0.717) is 0 Å². The number of hydrogen-bond donors (Lipinski definition) is 1. The molecule has 0 aliphatic carbocycles. The Morgan fingerprint density at radius 1 is 1.15 bits per heavy atom. The summed E-state index contributed by atoms with van der Waals surface area (Å²) in [4.78, 5) is 11.5. The normalized spacial score (nSPS) is 21.9. The lowest BCUT2D eigenvalue weighted by Gasteiger charge is -2.17. The van der Waals surface area contributed by atoms with Gasteiger partial charge in [-0.1, -0.05) is 0 Å². The molecule has 0 spiro atoms. The van der Waals surface area contributed by atoms with E-state index in [1.807, 2.05) is 0 Å². The molecule has 4 rings (SSSR count). The highest BCUT2D eigenvalue weighted by molar-refractivity contribution is 7.50. The maximum absolute atomic E-state index is 12.9. The maximum Gasteiger partial charge on any atom is 0.647 e. The van der Waals surface area contributed by atoms with E-state index >= 15 is 0 Å². The first-order valence-corrected chi connectivity index (χ1v) is 6.69. The first-order chi connectivity index (χ1) is 9.39. The number of benzene rings is 1. The quantitative estimate of drug-likeness (QED) is 0.639. The fourth-order valence-corrected chi connectivity index (χ4v) is 3.45. The minimum Gasteiger partial charge on any atom is -0.504 e. The number of rotatable bonds is 1. The number of alkyl halides is 2. The number of aromatic hydroxyl groups is 1. The molecule has 1 N–H and O–H groups in total. The van der Waals surface area contributed by atoms with E-state index in [4.69, 9.17) is 18.0 Å². The number of phenols is 1. The van der Waals surface area contributed by atoms with Gasteiger partial charge in [0.05, 0.1) is 0 Å². The van der Waals surface area contributed by atoms with Gasteiger partial charge in [-0.2, -0.15) is 4.57 Å². The number of phenolic OH excluding ortho intramolecular Hbond substituents is 1. The van der Waals surface area contributed by atoms with Crippen molar-refractivity contribution in [3.8, 4) is 23.0 Å². The van der Waals surface area contributed by atoms with Gasteiger partial charge >= 0.3 is 13.4 Å². The molecule has 1 aromatic heterocycles. The van der Waals surface area contributed by atoms with Crippen LogP contribution in [0.1, 0.15) is 12.0 Å². The Balaban J connectivity index is 2.26. The van der Waals surface area contributed by atoms with Gasteiger partial charge in [-0.3, -0.25) is 0 Å². The Morgan fingerprint density at radius 2 is 1.80 bits per heavy atom. The predicted octanol–water partition coefficient (Wildman–Crippen LogP) is 2.71. The topological polar surface area (TPSA) is 95.2 Å². The molecular formula is C10H3F2O7P. The molecule has 0 saturated carbocycles. The number of hydrogen-bond acceptors (Lipinski definition) is 7. The second-order valence-corrected chi connectivity index (χ2v) is 5.52. The van der Waals surface area contributed by atoms with Crippen LogP contribution >= 0.6 is 7.82 Å². The van der Waals surface area contributed by atoms with Crippen LogP contribution in [-0.2, 0) is 4.57 Å². The van der Waals surface area contributed by atoms with Crippen LogP contribution in [0.4, 0.5) is 8.78 Å². The third-order valence-electron chi connectivity index (χ3n) is 2.90. The molecule has 0 saturated heterocycles. The molecular weight excluding hydrogens is 301 g/mol. The molecule has 3 heterocycles. The van der Waals surface area contributed by atoms with Gasteiger partial charge in [-0.05, 0) is 0 Å². The molecule has 104 valence electrons. The summed E-state index contributed by atoms with van der Waals surface area (Å²) < 4.78 is 57.1. The molecule has 20 heavy (non-hydrogen) atoms. The highest BCUT2D eigenvalue weighted by atomic mass is 31.2. The summed E-state index contributed by atoms with van der Waals surface area (Å²) in [6, 6.07) is 0.974. The summed E-state index contributed by atoms with van der Waals surface area (Å²) >= 11 is 0. The minimum atomic E-state index is -4.20. The molecule has 2 aliphatic heterocycles. The van der Waals surface area contributed by atoms with Gasteiger partial charge in [-0.15, -0.1) is 0 Å². The fourth-order valence-electron chi connectivity index (χ4n) is 2.13. The molecule has 0 radical (unpaired) electrons. The van der Waals surface area contributed by atoms with Crippen molar-refractivity contribution >= 4 is 18.8 Å². The van der Waals surface area contributed by atoms with Gasteiger partial charge < -0.3 is 23.1 Å². The lowest BCUT2D eigenvalue weighted by atomic mass is 10.1. The molecule has 0 amide bonds. The van der Waals surface area contributed by atoms with Gasteiger partial charge in [0.15, 0.2) is 17.2 Å². The number of phosphoric ester groups is 1. The van der Waals surface area contributed by atoms with E-state index in [-0.39, 0.29) is 22.5 Å². The number of phosphoric acid groups is 1. The highest BCUT2D eigenvalue weighted by Crippen LogP contribution is 2.68. The average molecular weight is 304 g/mol. The van der Waals surface area contributed by atoms with E-state index in [9.17, 15) is 23.2 Å². The van der Waals surface area contributed by atoms with Crippen LogP contribution in [-0.4, -0.2) is 5.11 Å². The van der Waals surface area contributed by atoms with Crippen molar-refractivity contribution in [1.82, 2.24) is 0 Å². The van der Waals surface area contributed by atoms with Crippen LogP contribution in [0, 0.1) is 0 Å². The van der Waals surface area contributed by atoms with Crippen LogP contribution in [0.15, 0.2) is 15.3 Å². The lowest BCUT2D eigenvalue weighted by molar-refractivity contribution is 0.143. The van der Waals surface area contributed by atoms with E-state index in [1.54, 1.807) is 0 Å². The summed E-state index contributed by atoms with van der Waals surface area (Å²) in [5, 5.41) is 9.53. The standard InChI is InChI=1S/C10H3F2O7P/c11-9(12)5-7-4-3(16-10(5)14)1-2(13)6-8(4)19-20(15,17-6)18-7/h1,9,13H. The van der Waals surface area contributed by atoms with E-state index in [0.717, 1.165) is 6.07 Å². The zero-order valence-corrected chi connectivity index (χ0v) is 10.1. The molecule has 0 fully saturated rings. The maximum atomic E-state index is 12.9. The lowest BCUT2D eigenvalue weighted by Crippen LogP contribution is -2.14. The Kier molecular flexibility index (Phi) is 1.87. The highest BCUT2D eigenvalue weighted by Gasteiger charge is 2.50. The second-order valence-electron chi connectivity index (χ2n) is 4.08. The van der Waals surface area contributed by atoms with Gasteiger partial charge in [0.25, 0.3) is 6.43 Å². The third-order valence-corrected chi connectivity index (χ3v) is 4.12. The summed E-state index contributed by atoms with van der Waals surface area (Å²) in [6.07, 6.45) is -3.19. The largest absolute Gasteiger partial charge is 0.647 e. The summed E-state index contributed by atoms with van der Waals surface area (Å²) in [5.41, 5.74) is -2.65. The summed E-state index contributed by atoms with van der Waals surface area (Å²) in [7, 11) is -4.20. The molecule has 2 aromatic rings. The van der Waals surface area contributed by atoms with Crippen molar-refractivity contribution < 1.29 is 36.4 Å². The van der Waals surface area contributed by atoms with Crippen molar-refractivity contribution in [2.24, 2.45) is 0 Å². The van der Waals surface area contributed by atoms with Crippen molar-refractivity contribution in [2.75, 3.05) is 0 Å². The Bertz CT molecular complexity index is 888. The van der Waals surface area contributed by atoms with Crippen LogP contribution in [0.5, 0.6) is 23.0 Å². The summed E-state index contributed by atoms with van der Waals surface area (Å²) in [6.45, 7) is 0. The summed E-state index contributed by atoms with van der Waals surface area (Å²) in [5.74, 6) is -1.65. The van der Waals surface area contributed by atoms with E-state index in [1.165, 1.54) is 0 Å². The van der Waals surface area contributed by atoms with Crippen LogP contribution < -0.4 is 19.2 Å². The van der Waals surface area contributed by atoms with Gasteiger partial charge in [0, 0.05) is 6.07 Å². The molecule has 7 nitrogen and oxygen atoms in total. The zero-order valence-electron chi connectivity index (χ0n) is 9.25. The average Bonchev–Trinajstić information content (AvgIpc) is 2.61. The smallest absolute Gasteiger partial charge is 0.504 e. The molecule has 1 unspecified atom stereocenters. The first-order valence-electron chi connectivity index (χ1n) is 5.23. The Labute approximate surface area is 107 Å². The molecule has 2 aliphatic rings. The number of halogens is 2. The molecule has 1 atom stereocenters. The van der Waals surface area contributed by atoms with Crippen molar-refractivity contribution in [1.29, 1.82) is 0 Å². The van der Waals surface area contributed by atoms with Gasteiger partial charge in [0.2, 0.25) is 5.75 Å². The monoisotopic (exact) mass is 304 g/mol. The predicted molar refractivity (Wildman–Crippen MR) is 58.6 cm³/mol. The number of fused-ring (bicyclic) bond motifs is 1. The molecule has 1 aromatic carbocycles. The fraction of sp³-hybridized carbons (Fsp3) is 0.100. The third kappa shape index (κ3) is 1.23. The van der Waals surface area contributed by atoms with Crippen LogP contribution in [0.25, 0.3) is 11.0 Å². The van der Waals surface area contributed by atoms with Crippen molar-refractivity contribution in [3.05, 3.63) is 22.0 Å². The van der Waals surface area contributed by atoms with E-state index in [2.05, 4.69) is 0 Å². The SMILES string of the molecule is O=c1oc2cc(O)c3c4c2c(c1C(F)F)OP(=O)(O3)O4. The Morgan fingerprint density at radius 3 is 2.50 bits per heavy atom. The van der Waals surface area contributed by atoms with E-state index < -0.39 is 36.9 Å². The molecule has 10 heteroatoms.